The Labute approximate surface area is 143 Å². The van der Waals surface area contributed by atoms with Crippen LogP contribution in [0, 0.1) is 23.2 Å². The van der Waals surface area contributed by atoms with Crippen LogP contribution in [-0.4, -0.2) is 49.8 Å². The van der Waals surface area contributed by atoms with E-state index in [1.165, 1.54) is 43.4 Å². The first-order valence-electron chi connectivity index (χ1n) is 9.09. The lowest BCUT2D eigenvalue weighted by Crippen LogP contribution is -2.48. The maximum absolute atomic E-state index is 12.3. The van der Waals surface area contributed by atoms with Crippen LogP contribution >= 0.6 is 0 Å². The minimum atomic E-state index is -0.316. The van der Waals surface area contributed by atoms with Crippen molar-refractivity contribution in [3.63, 3.8) is 0 Å². The van der Waals surface area contributed by atoms with Crippen LogP contribution < -0.4 is 10.6 Å². The molecule has 0 aromatic carbocycles. The molecule has 0 aliphatic heterocycles. The molecule has 0 spiro atoms. The van der Waals surface area contributed by atoms with Gasteiger partial charge in [-0.15, -0.1) is 0 Å². The molecule has 4 bridgehead atoms. The van der Waals surface area contributed by atoms with Crippen molar-refractivity contribution in [1.82, 2.24) is 15.5 Å². The number of likely N-dealkylation sites (N-methyl/N-ethyl adjacent to an activating group) is 1. The number of rotatable bonds is 6. The molecule has 6 nitrogen and oxygen atoms in total. The maximum Gasteiger partial charge on any atom is 0.241 e. The second kappa shape index (κ2) is 6.73. The Kier molecular flexibility index (Phi) is 4.83. The molecule has 4 aliphatic rings. The first-order valence-corrected chi connectivity index (χ1v) is 9.09. The molecule has 6 heteroatoms. The molecule has 134 valence electrons. The Hall–Kier alpha value is -1.59. The van der Waals surface area contributed by atoms with Crippen LogP contribution in [-0.2, 0) is 14.4 Å². The number of hydrogen-bond acceptors (Lipinski definition) is 3. The molecule has 0 atom stereocenters. The lowest BCUT2D eigenvalue weighted by molar-refractivity contribution is -0.132. The molecule has 4 fully saturated rings. The zero-order valence-electron chi connectivity index (χ0n) is 14.8. The molecule has 4 aliphatic carbocycles. The fraction of sp³-hybridized carbons (Fsp3) is 0.833. The third kappa shape index (κ3) is 3.90. The van der Waals surface area contributed by atoms with Gasteiger partial charge in [0.1, 0.15) is 0 Å². The highest BCUT2D eigenvalue weighted by atomic mass is 16.2. The third-order valence-corrected chi connectivity index (χ3v) is 6.08. The number of nitrogens with one attached hydrogen (secondary N) is 2. The lowest BCUT2D eigenvalue weighted by atomic mass is 9.49. The zero-order chi connectivity index (χ0) is 17.3. The predicted molar refractivity (Wildman–Crippen MR) is 89.9 cm³/mol. The zero-order valence-corrected chi connectivity index (χ0v) is 14.8. The van der Waals surface area contributed by atoms with E-state index in [2.05, 4.69) is 10.6 Å². The normalized spacial score (nSPS) is 33.2. The van der Waals surface area contributed by atoms with Crippen molar-refractivity contribution in [2.24, 2.45) is 23.2 Å². The van der Waals surface area contributed by atoms with E-state index in [1.54, 1.807) is 14.1 Å². The lowest BCUT2D eigenvalue weighted by Gasteiger charge is -2.56. The van der Waals surface area contributed by atoms with Gasteiger partial charge in [0.15, 0.2) is 0 Å². The number of hydrogen-bond donors (Lipinski definition) is 2. The first-order chi connectivity index (χ1) is 11.3. The van der Waals surface area contributed by atoms with Crippen LogP contribution in [0.4, 0.5) is 0 Å². The highest BCUT2D eigenvalue weighted by molar-refractivity contribution is 5.88. The standard InChI is InChI=1S/C18H29N3O3/c1-21(2)17(24)11-20-16(23)10-19-15(22)9-18-6-12-3-13(7-18)5-14(4-12)8-18/h12-14H,3-11H2,1-2H3,(H,19,22)(H,20,23). The minimum absolute atomic E-state index is 0.0222. The highest BCUT2D eigenvalue weighted by Gasteiger charge is 2.51. The summed E-state index contributed by atoms with van der Waals surface area (Å²) in [6, 6.07) is 0. The van der Waals surface area contributed by atoms with Crippen molar-refractivity contribution < 1.29 is 14.4 Å². The summed E-state index contributed by atoms with van der Waals surface area (Å²) in [5.41, 5.74) is 0.191. The molecule has 3 amide bonds. The molecule has 0 unspecified atom stereocenters. The Morgan fingerprint density at radius 3 is 1.88 bits per heavy atom. The largest absolute Gasteiger partial charge is 0.347 e. The van der Waals surface area contributed by atoms with E-state index in [4.69, 9.17) is 0 Å². The van der Waals surface area contributed by atoms with Gasteiger partial charge < -0.3 is 15.5 Å². The van der Waals surface area contributed by atoms with Crippen molar-refractivity contribution in [3.05, 3.63) is 0 Å². The molecule has 0 aromatic heterocycles. The van der Waals surface area contributed by atoms with E-state index in [0.717, 1.165) is 17.8 Å². The second-order valence-corrected chi connectivity index (χ2v) is 8.44. The van der Waals surface area contributed by atoms with Crippen molar-refractivity contribution in [2.75, 3.05) is 27.2 Å². The molecular formula is C18H29N3O3. The number of amides is 3. The minimum Gasteiger partial charge on any atom is -0.347 e. The Bertz CT molecular complexity index is 494. The monoisotopic (exact) mass is 335 g/mol. The van der Waals surface area contributed by atoms with Gasteiger partial charge in [0.05, 0.1) is 13.1 Å². The summed E-state index contributed by atoms with van der Waals surface area (Å²) in [5, 5.41) is 5.27. The predicted octanol–water partition coefficient (Wildman–Crippen LogP) is 0.913. The maximum atomic E-state index is 12.3. The smallest absolute Gasteiger partial charge is 0.241 e. The van der Waals surface area contributed by atoms with Crippen LogP contribution in [0.3, 0.4) is 0 Å². The fourth-order valence-electron chi connectivity index (χ4n) is 5.48. The fourth-order valence-corrected chi connectivity index (χ4v) is 5.48. The summed E-state index contributed by atoms with van der Waals surface area (Å²) >= 11 is 0. The molecule has 4 rings (SSSR count). The molecule has 0 radical (unpaired) electrons. The van der Waals surface area contributed by atoms with Crippen molar-refractivity contribution in [1.29, 1.82) is 0 Å². The van der Waals surface area contributed by atoms with Gasteiger partial charge in [-0.25, -0.2) is 0 Å². The average molecular weight is 335 g/mol. The highest BCUT2D eigenvalue weighted by Crippen LogP contribution is 2.61. The Balaban J connectivity index is 1.41. The van der Waals surface area contributed by atoms with Gasteiger partial charge in [0.25, 0.3) is 0 Å². The number of carbonyl (C=O) groups is 3. The van der Waals surface area contributed by atoms with Gasteiger partial charge in [0, 0.05) is 20.5 Å². The topological polar surface area (TPSA) is 78.5 Å². The van der Waals surface area contributed by atoms with Gasteiger partial charge in [-0.1, -0.05) is 0 Å². The van der Waals surface area contributed by atoms with E-state index in [-0.39, 0.29) is 36.2 Å². The molecule has 24 heavy (non-hydrogen) atoms. The van der Waals surface area contributed by atoms with Crippen LogP contribution in [0.2, 0.25) is 0 Å². The summed E-state index contributed by atoms with van der Waals surface area (Å²) in [6.07, 6.45) is 8.22. The molecule has 0 saturated heterocycles. The SMILES string of the molecule is CN(C)C(=O)CNC(=O)CNC(=O)CC12CC3CC(CC(C3)C1)C2. The van der Waals surface area contributed by atoms with Crippen molar-refractivity contribution in [3.8, 4) is 0 Å². The van der Waals surface area contributed by atoms with Gasteiger partial charge in [0.2, 0.25) is 17.7 Å². The van der Waals surface area contributed by atoms with E-state index in [9.17, 15) is 14.4 Å². The summed E-state index contributed by atoms with van der Waals surface area (Å²) in [7, 11) is 3.28. The molecule has 2 N–H and O–H groups in total. The van der Waals surface area contributed by atoms with Gasteiger partial charge in [-0.3, -0.25) is 14.4 Å². The third-order valence-electron chi connectivity index (χ3n) is 6.08. The summed E-state index contributed by atoms with van der Waals surface area (Å²) < 4.78 is 0. The molecule has 4 saturated carbocycles. The average Bonchev–Trinajstić information content (AvgIpc) is 2.48. The van der Waals surface area contributed by atoms with Gasteiger partial charge in [-0.05, 0) is 61.7 Å². The first kappa shape index (κ1) is 17.2. The van der Waals surface area contributed by atoms with Gasteiger partial charge >= 0.3 is 0 Å². The van der Waals surface area contributed by atoms with Crippen LogP contribution in [0.5, 0.6) is 0 Å². The van der Waals surface area contributed by atoms with Crippen molar-refractivity contribution >= 4 is 17.7 Å². The summed E-state index contributed by atoms with van der Waals surface area (Å²) in [4.78, 5) is 36.9. The molecular weight excluding hydrogens is 306 g/mol. The van der Waals surface area contributed by atoms with Crippen LogP contribution in [0.1, 0.15) is 44.9 Å². The molecule has 0 aromatic rings. The second-order valence-electron chi connectivity index (χ2n) is 8.44. The summed E-state index contributed by atoms with van der Waals surface area (Å²) in [6.45, 7) is -0.0808. The summed E-state index contributed by atoms with van der Waals surface area (Å²) in [5.74, 6) is 1.97. The van der Waals surface area contributed by atoms with E-state index in [1.807, 2.05) is 0 Å². The van der Waals surface area contributed by atoms with E-state index < -0.39 is 0 Å². The Morgan fingerprint density at radius 2 is 1.38 bits per heavy atom. The van der Waals surface area contributed by atoms with Crippen LogP contribution in [0.15, 0.2) is 0 Å². The van der Waals surface area contributed by atoms with Crippen molar-refractivity contribution in [2.45, 2.75) is 44.9 Å². The number of nitrogens with zero attached hydrogens (tertiary/aromatic N) is 1. The van der Waals surface area contributed by atoms with E-state index in [0.29, 0.717) is 6.42 Å². The number of carbonyl (C=O) groups excluding carboxylic acids is 3. The van der Waals surface area contributed by atoms with Gasteiger partial charge in [-0.2, -0.15) is 0 Å². The Morgan fingerprint density at radius 1 is 0.875 bits per heavy atom. The van der Waals surface area contributed by atoms with E-state index >= 15 is 0 Å². The molecule has 0 heterocycles. The van der Waals surface area contributed by atoms with Crippen LogP contribution in [0.25, 0.3) is 0 Å². The quantitative estimate of drug-likeness (QED) is 0.757.